The molecule has 1 heterocycles. The van der Waals surface area contributed by atoms with Crippen LogP contribution in [0.1, 0.15) is 40.5 Å². The van der Waals surface area contributed by atoms with E-state index in [1.807, 2.05) is 40.8 Å². The van der Waals surface area contributed by atoms with E-state index in [4.69, 9.17) is 0 Å². The predicted molar refractivity (Wildman–Crippen MR) is 95.8 cm³/mol. The van der Waals surface area contributed by atoms with Gasteiger partial charge in [0.15, 0.2) is 0 Å². The van der Waals surface area contributed by atoms with Gasteiger partial charge in [-0.1, -0.05) is 63.6 Å². The van der Waals surface area contributed by atoms with Crippen LogP contribution in [0.2, 0.25) is 0 Å². The quantitative estimate of drug-likeness (QED) is 0.570. The Bertz CT molecular complexity index is 687. The molecule has 21 heavy (non-hydrogen) atoms. The van der Waals surface area contributed by atoms with Gasteiger partial charge < -0.3 is 4.98 Å². The van der Waals surface area contributed by atoms with Gasteiger partial charge in [-0.05, 0) is 30.7 Å². The van der Waals surface area contributed by atoms with Gasteiger partial charge in [0.2, 0.25) is 0 Å². The topological polar surface area (TPSA) is 28.7 Å². The number of hydrogen-bond acceptors (Lipinski definition) is 1. The van der Waals surface area contributed by atoms with E-state index in [0.717, 1.165) is 11.5 Å². The Labute approximate surface area is 129 Å². The van der Waals surface area contributed by atoms with E-state index in [1.165, 1.54) is 21.9 Å². The molecule has 0 spiro atoms. The Morgan fingerprint density at radius 1 is 0.857 bits per heavy atom. The molecular weight excluding hydrogens is 256 g/mol. The molecule has 0 fully saturated rings. The zero-order valence-electron chi connectivity index (χ0n) is 14.0. The normalized spacial score (nSPS) is 9.43. The van der Waals surface area contributed by atoms with Crippen LogP contribution < -0.4 is 0 Å². The number of aromatic amines is 1. The van der Waals surface area contributed by atoms with Crippen LogP contribution in [0.4, 0.5) is 0 Å². The molecule has 2 nitrogen and oxygen atoms in total. The average molecular weight is 284 g/mol. The fourth-order valence-corrected chi connectivity index (χ4v) is 2.10. The summed E-state index contributed by atoms with van der Waals surface area (Å²) in [6.45, 7) is 12.1. The van der Waals surface area contributed by atoms with Gasteiger partial charge in [0.25, 0.3) is 0 Å². The lowest BCUT2D eigenvalue weighted by Crippen LogP contribution is -1.80. The first-order chi connectivity index (χ1) is 10.2. The van der Waals surface area contributed by atoms with Crippen LogP contribution in [0.25, 0.3) is 22.0 Å². The molecule has 0 bridgehead atoms. The molecule has 2 aromatic carbocycles. The second-order valence-corrected chi connectivity index (χ2v) is 4.45. The van der Waals surface area contributed by atoms with Crippen LogP contribution in [-0.4, -0.2) is 9.97 Å². The summed E-state index contributed by atoms with van der Waals surface area (Å²) in [5.74, 6) is 0.948. The Morgan fingerprint density at radius 2 is 1.48 bits per heavy atom. The minimum Gasteiger partial charge on any atom is -0.342 e. The summed E-state index contributed by atoms with van der Waals surface area (Å²) in [7, 11) is 0. The number of imidazole rings is 1. The van der Waals surface area contributed by atoms with E-state index in [2.05, 4.69) is 53.3 Å². The van der Waals surface area contributed by atoms with Crippen molar-refractivity contribution in [2.45, 2.75) is 41.5 Å². The van der Waals surface area contributed by atoms with E-state index in [-0.39, 0.29) is 1.43 Å². The Morgan fingerprint density at radius 3 is 2.10 bits per heavy atom. The molecule has 3 aromatic rings. The first-order valence-corrected chi connectivity index (χ1v) is 7.75. The summed E-state index contributed by atoms with van der Waals surface area (Å²) in [4.78, 5) is 7.49. The third-order valence-corrected chi connectivity index (χ3v) is 3.01. The van der Waals surface area contributed by atoms with Crippen LogP contribution in [0.3, 0.4) is 0 Å². The molecule has 0 saturated carbocycles. The number of fused-ring (bicyclic) bond motifs is 1. The third-order valence-electron chi connectivity index (χ3n) is 3.01. The largest absolute Gasteiger partial charge is 0.342 e. The molecule has 1 N–H and O–H groups in total. The molecule has 0 radical (unpaired) electrons. The van der Waals surface area contributed by atoms with Crippen molar-refractivity contribution in [1.82, 2.24) is 9.97 Å². The van der Waals surface area contributed by atoms with E-state index >= 15 is 0 Å². The van der Waals surface area contributed by atoms with Crippen molar-refractivity contribution in [3.05, 3.63) is 54.0 Å². The van der Waals surface area contributed by atoms with Gasteiger partial charge in [-0.3, -0.25) is 0 Å². The van der Waals surface area contributed by atoms with Crippen molar-refractivity contribution in [2.24, 2.45) is 0 Å². The van der Waals surface area contributed by atoms with Gasteiger partial charge in [-0.15, -0.1) is 0 Å². The maximum absolute atomic E-state index is 4.23. The minimum atomic E-state index is 0. The molecule has 0 saturated heterocycles. The number of aromatic nitrogens is 2. The molecule has 114 valence electrons. The van der Waals surface area contributed by atoms with Crippen LogP contribution in [0.5, 0.6) is 0 Å². The van der Waals surface area contributed by atoms with Gasteiger partial charge in [-0.2, -0.15) is 0 Å². The van der Waals surface area contributed by atoms with Crippen molar-refractivity contribution in [1.29, 1.82) is 0 Å². The fraction of sp³-hybridized carbons (Fsp3) is 0.316. The van der Waals surface area contributed by atoms with Crippen molar-refractivity contribution in [3.63, 3.8) is 0 Å². The van der Waals surface area contributed by atoms with Crippen LogP contribution in [0, 0.1) is 13.8 Å². The van der Waals surface area contributed by atoms with Crippen LogP contribution >= 0.6 is 0 Å². The highest BCUT2D eigenvalue weighted by Gasteiger charge is 2.02. The van der Waals surface area contributed by atoms with E-state index in [1.54, 1.807) is 0 Å². The third kappa shape index (κ3) is 4.19. The average Bonchev–Trinajstić information content (AvgIpc) is 2.97. The van der Waals surface area contributed by atoms with Crippen molar-refractivity contribution in [3.8, 4) is 11.3 Å². The first-order valence-electron chi connectivity index (χ1n) is 7.75. The lowest BCUT2D eigenvalue weighted by Gasteiger charge is -2.02. The maximum Gasteiger partial charge on any atom is 0.103 e. The summed E-state index contributed by atoms with van der Waals surface area (Å²) in [5, 5.41) is 2.55. The summed E-state index contributed by atoms with van der Waals surface area (Å²) in [5.41, 5.74) is 3.55. The molecule has 3 rings (SSSR count). The Hall–Kier alpha value is -2.09. The number of nitrogens with zero attached hydrogens (tertiary/aromatic N) is 1. The summed E-state index contributed by atoms with van der Waals surface area (Å²) >= 11 is 0. The van der Waals surface area contributed by atoms with E-state index in [0.29, 0.717) is 0 Å². The lowest BCUT2D eigenvalue weighted by atomic mass is 10.0. The standard InChI is InChI=1S/C15H14N2.2C2H6.H2/c1-10-3-4-13-8-14(6-5-12(13)7-10)15-9-16-11(2)17-15;2*1-2;/h3-9H,1-2H3,(H,16,17);2*1-2H3;1H. The molecule has 0 aliphatic carbocycles. The molecule has 0 amide bonds. The molecule has 0 aliphatic rings. The maximum atomic E-state index is 4.23. The van der Waals surface area contributed by atoms with Gasteiger partial charge in [0.1, 0.15) is 5.82 Å². The van der Waals surface area contributed by atoms with Gasteiger partial charge in [0.05, 0.1) is 11.9 Å². The summed E-state index contributed by atoms with van der Waals surface area (Å²) in [6.07, 6.45) is 1.88. The second kappa shape index (κ2) is 8.25. The molecule has 0 atom stereocenters. The monoisotopic (exact) mass is 284 g/mol. The molecule has 0 aliphatic heterocycles. The smallest absolute Gasteiger partial charge is 0.103 e. The highest BCUT2D eigenvalue weighted by Crippen LogP contribution is 2.23. The predicted octanol–water partition coefficient (Wildman–Crippen LogP) is 6.15. The zero-order valence-corrected chi connectivity index (χ0v) is 14.0. The summed E-state index contributed by atoms with van der Waals surface area (Å²) < 4.78 is 0. The Kier molecular flexibility index (Phi) is 6.67. The second-order valence-electron chi connectivity index (χ2n) is 4.45. The van der Waals surface area contributed by atoms with Gasteiger partial charge in [-0.25, -0.2) is 4.98 Å². The van der Waals surface area contributed by atoms with E-state index in [9.17, 15) is 0 Å². The summed E-state index contributed by atoms with van der Waals surface area (Å²) in [6, 6.07) is 13.0. The molecule has 0 unspecified atom stereocenters. The minimum absolute atomic E-state index is 0. The number of rotatable bonds is 1. The van der Waals surface area contributed by atoms with Crippen LogP contribution in [-0.2, 0) is 0 Å². The van der Waals surface area contributed by atoms with Crippen molar-refractivity contribution in [2.75, 3.05) is 0 Å². The Balaban J connectivity index is 0.000000819. The van der Waals surface area contributed by atoms with Gasteiger partial charge in [0, 0.05) is 6.99 Å². The number of aryl methyl sites for hydroxylation is 2. The molecular formula is C19H28N2. The highest BCUT2D eigenvalue weighted by atomic mass is 14.9. The number of benzene rings is 2. The zero-order chi connectivity index (χ0) is 15.8. The van der Waals surface area contributed by atoms with Gasteiger partial charge >= 0.3 is 0 Å². The number of hydrogen-bond donors (Lipinski definition) is 1. The number of nitrogens with one attached hydrogen (secondary N) is 1. The van der Waals surface area contributed by atoms with Crippen molar-refractivity contribution >= 4 is 10.8 Å². The SMILES string of the molecule is CC.CC.Cc1ccc2cc(-c3cnc(C)[nH]3)ccc2c1.[HH]. The fourth-order valence-electron chi connectivity index (χ4n) is 2.10. The first kappa shape index (κ1) is 17.0. The van der Waals surface area contributed by atoms with Crippen molar-refractivity contribution < 1.29 is 1.43 Å². The molecule has 2 heteroatoms. The molecule has 1 aromatic heterocycles. The van der Waals surface area contributed by atoms with E-state index < -0.39 is 0 Å². The van der Waals surface area contributed by atoms with Crippen LogP contribution in [0.15, 0.2) is 42.6 Å². The number of H-pyrrole nitrogens is 1. The highest BCUT2D eigenvalue weighted by molar-refractivity contribution is 5.87. The lowest BCUT2D eigenvalue weighted by molar-refractivity contribution is 1.15.